The Morgan fingerprint density at radius 3 is 2.61 bits per heavy atom. The zero-order chi connectivity index (χ0) is 13.0. The highest BCUT2D eigenvalue weighted by Gasteiger charge is 2.21. The minimum Gasteiger partial charge on any atom is -0.300 e. The number of hydrogen-bond donors (Lipinski definition) is 0. The Labute approximate surface area is 110 Å². The van der Waals surface area contributed by atoms with Gasteiger partial charge in [-0.25, -0.2) is 8.42 Å². The molecule has 0 aliphatic carbocycles. The minimum atomic E-state index is -3.12. The second-order valence-electron chi connectivity index (χ2n) is 5.01. The molecule has 1 aliphatic heterocycles. The Balaban J connectivity index is 1.97. The molecule has 0 aromatic heterocycles. The van der Waals surface area contributed by atoms with Crippen LogP contribution in [0.2, 0.25) is 0 Å². The Kier molecular flexibility index (Phi) is 4.40. The molecular formula is C14H21NO2S. The standard InChI is InChI=1S/C14H21NO2S/c1-13-7-5-6-10-15(13)11-12-18(16,17)14-8-3-2-4-9-14/h2-4,8-9,13H,5-7,10-12H2,1H3/t13-/m0/s1. The van der Waals surface area contributed by atoms with Crippen LogP contribution in [0.15, 0.2) is 35.2 Å². The molecule has 0 N–H and O–H groups in total. The summed E-state index contributed by atoms with van der Waals surface area (Å²) in [4.78, 5) is 2.74. The molecule has 1 aromatic carbocycles. The van der Waals surface area contributed by atoms with Gasteiger partial charge < -0.3 is 0 Å². The van der Waals surface area contributed by atoms with Crippen LogP contribution in [-0.4, -0.2) is 38.2 Å². The minimum absolute atomic E-state index is 0.224. The number of nitrogens with zero attached hydrogens (tertiary/aromatic N) is 1. The van der Waals surface area contributed by atoms with Crippen molar-refractivity contribution >= 4 is 9.84 Å². The molecule has 18 heavy (non-hydrogen) atoms. The highest BCUT2D eigenvalue weighted by atomic mass is 32.2. The molecule has 1 heterocycles. The molecule has 0 spiro atoms. The van der Waals surface area contributed by atoms with E-state index in [9.17, 15) is 8.42 Å². The topological polar surface area (TPSA) is 37.4 Å². The average molecular weight is 267 g/mol. The maximum atomic E-state index is 12.2. The highest BCUT2D eigenvalue weighted by Crippen LogP contribution is 2.17. The maximum Gasteiger partial charge on any atom is 0.179 e. The summed E-state index contributed by atoms with van der Waals surface area (Å²) in [5.74, 6) is 0.224. The van der Waals surface area contributed by atoms with Gasteiger partial charge in [-0.2, -0.15) is 0 Å². The Bertz CT molecular complexity index is 470. The van der Waals surface area contributed by atoms with Gasteiger partial charge in [0.25, 0.3) is 0 Å². The van der Waals surface area contributed by atoms with Crippen LogP contribution in [0.5, 0.6) is 0 Å². The van der Waals surface area contributed by atoms with Gasteiger partial charge in [0.05, 0.1) is 10.6 Å². The predicted molar refractivity (Wildman–Crippen MR) is 73.4 cm³/mol. The van der Waals surface area contributed by atoms with E-state index < -0.39 is 9.84 Å². The zero-order valence-electron chi connectivity index (χ0n) is 10.9. The lowest BCUT2D eigenvalue weighted by atomic mass is 10.0. The monoisotopic (exact) mass is 267 g/mol. The first-order valence-electron chi connectivity index (χ1n) is 6.61. The van der Waals surface area contributed by atoms with Crippen molar-refractivity contribution in [1.29, 1.82) is 0 Å². The van der Waals surface area contributed by atoms with Crippen LogP contribution >= 0.6 is 0 Å². The van der Waals surface area contributed by atoms with E-state index in [0.717, 1.165) is 6.54 Å². The van der Waals surface area contributed by atoms with E-state index in [2.05, 4.69) is 11.8 Å². The van der Waals surface area contributed by atoms with Crippen LogP contribution in [0.4, 0.5) is 0 Å². The van der Waals surface area contributed by atoms with Crippen molar-refractivity contribution < 1.29 is 8.42 Å². The van der Waals surface area contributed by atoms with Crippen molar-refractivity contribution in [3.63, 3.8) is 0 Å². The van der Waals surface area contributed by atoms with Crippen LogP contribution < -0.4 is 0 Å². The summed E-state index contributed by atoms with van der Waals surface area (Å²) in [6.07, 6.45) is 3.64. The number of sulfone groups is 1. The molecule has 0 bridgehead atoms. The first-order chi connectivity index (χ1) is 8.59. The third kappa shape index (κ3) is 3.33. The molecule has 4 heteroatoms. The summed E-state index contributed by atoms with van der Waals surface area (Å²) in [6.45, 7) is 3.87. The molecule has 0 unspecified atom stereocenters. The van der Waals surface area contributed by atoms with E-state index in [1.54, 1.807) is 24.3 Å². The van der Waals surface area contributed by atoms with Gasteiger partial charge in [0.1, 0.15) is 0 Å². The second kappa shape index (κ2) is 5.85. The Morgan fingerprint density at radius 1 is 1.22 bits per heavy atom. The molecule has 1 atom stereocenters. The van der Waals surface area contributed by atoms with Crippen molar-refractivity contribution in [3.8, 4) is 0 Å². The summed E-state index contributed by atoms with van der Waals surface area (Å²) in [7, 11) is -3.12. The zero-order valence-corrected chi connectivity index (χ0v) is 11.7. The van der Waals surface area contributed by atoms with Gasteiger partial charge in [-0.1, -0.05) is 24.6 Å². The lowest BCUT2D eigenvalue weighted by Gasteiger charge is -2.33. The molecule has 0 saturated carbocycles. The molecule has 100 valence electrons. The first kappa shape index (κ1) is 13.6. The van der Waals surface area contributed by atoms with Gasteiger partial charge in [-0.15, -0.1) is 0 Å². The quantitative estimate of drug-likeness (QED) is 0.840. The van der Waals surface area contributed by atoms with Crippen LogP contribution in [-0.2, 0) is 9.84 Å². The van der Waals surface area contributed by atoms with Crippen LogP contribution in [0.1, 0.15) is 26.2 Å². The van der Waals surface area contributed by atoms with Crippen molar-refractivity contribution in [2.24, 2.45) is 0 Å². The summed E-state index contributed by atoms with van der Waals surface area (Å²) in [6, 6.07) is 9.26. The van der Waals surface area contributed by atoms with Gasteiger partial charge >= 0.3 is 0 Å². The van der Waals surface area contributed by atoms with Crippen molar-refractivity contribution in [2.75, 3.05) is 18.8 Å². The fraction of sp³-hybridized carbons (Fsp3) is 0.571. The second-order valence-corrected chi connectivity index (χ2v) is 7.12. The predicted octanol–water partition coefficient (Wildman–Crippen LogP) is 2.33. The normalized spacial score (nSPS) is 21.9. The largest absolute Gasteiger partial charge is 0.300 e. The third-order valence-electron chi connectivity index (χ3n) is 3.69. The fourth-order valence-corrected chi connectivity index (χ4v) is 3.76. The van der Waals surface area contributed by atoms with Crippen molar-refractivity contribution in [2.45, 2.75) is 37.1 Å². The van der Waals surface area contributed by atoms with E-state index in [1.807, 2.05) is 6.07 Å². The molecule has 0 amide bonds. The van der Waals surface area contributed by atoms with Crippen LogP contribution in [0, 0.1) is 0 Å². The maximum absolute atomic E-state index is 12.2. The van der Waals surface area contributed by atoms with Gasteiger partial charge in [0.2, 0.25) is 0 Å². The number of benzene rings is 1. The number of piperidine rings is 1. The lowest BCUT2D eigenvalue weighted by Crippen LogP contribution is -2.40. The van der Waals surface area contributed by atoms with Crippen LogP contribution in [0.25, 0.3) is 0 Å². The fourth-order valence-electron chi connectivity index (χ4n) is 2.47. The molecular weight excluding hydrogens is 246 g/mol. The molecule has 3 nitrogen and oxygen atoms in total. The summed E-state index contributed by atoms with van der Waals surface area (Å²) < 4.78 is 24.3. The van der Waals surface area contributed by atoms with Gasteiger partial charge in [-0.05, 0) is 38.4 Å². The highest BCUT2D eigenvalue weighted by molar-refractivity contribution is 7.91. The van der Waals surface area contributed by atoms with Gasteiger partial charge in [0, 0.05) is 12.6 Å². The molecule has 1 fully saturated rings. The van der Waals surface area contributed by atoms with Crippen LogP contribution in [0.3, 0.4) is 0 Å². The lowest BCUT2D eigenvalue weighted by molar-refractivity contribution is 0.170. The van der Waals surface area contributed by atoms with Gasteiger partial charge in [-0.3, -0.25) is 4.90 Å². The van der Waals surface area contributed by atoms with Crippen molar-refractivity contribution in [1.82, 2.24) is 4.90 Å². The smallest absolute Gasteiger partial charge is 0.179 e. The van der Waals surface area contributed by atoms with E-state index in [4.69, 9.17) is 0 Å². The molecule has 1 aliphatic rings. The Hall–Kier alpha value is -0.870. The first-order valence-corrected chi connectivity index (χ1v) is 8.27. The van der Waals surface area contributed by atoms with E-state index in [0.29, 0.717) is 17.5 Å². The number of rotatable bonds is 4. The van der Waals surface area contributed by atoms with Gasteiger partial charge in [0.15, 0.2) is 9.84 Å². The Morgan fingerprint density at radius 2 is 1.94 bits per heavy atom. The molecule has 2 rings (SSSR count). The SMILES string of the molecule is C[C@H]1CCCCN1CCS(=O)(=O)c1ccccc1. The number of hydrogen-bond acceptors (Lipinski definition) is 3. The summed E-state index contributed by atoms with van der Waals surface area (Å²) >= 11 is 0. The molecule has 1 saturated heterocycles. The summed E-state index contributed by atoms with van der Waals surface area (Å²) in [5.41, 5.74) is 0. The third-order valence-corrected chi connectivity index (χ3v) is 5.40. The average Bonchev–Trinajstić information content (AvgIpc) is 2.39. The van der Waals surface area contributed by atoms with E-state index >= 15 is 0 Å². The summed E-state index contributed by atoms with van der Waals surface area (Å²) in [5, 5.41) is 0. The number of likely N-dealkylation sites (tertiary alicyclic amines) is 1. The van der Waals surface area contributed by atoms with E-state index in [-0.39, 0.29) is 5.75 Å². The van der Waals surface area contributed by atoms with E-state index in [1.165, 1.54) is 19.3 Å². The van der Waals surface area contributed by atoms with Crippen molar-refractivity contribution in [3.05, 3.63) is 30.3 Å². The molecule has 1 aromatic rings. The molecule has 0 radical (unpaired) electrons.